The maximum Gasteiger partial charge on any atom is 0.142 e. The zero-order valence-electron chi connectivity index (χ0n) is 11.2. The number of rotatable bonds is 5. The van der Waals surface area contributed by atoms with Gasteiger partial charge in [0.1, 0.15) is 23.1 Å². The number of hydrogen-bond acceptors (Lipinski definition) is 3. The monoisotopic (exact) mass is 279 g/mol. The van der Waals surface area contributed by atoms with E-state index in [4.69, 9.17) is 9.47 Å². The lowest BCUT2D eigenvalue weighted by Crippen LogP contribution is -2.05. The van der Waals surface area contributed by atoms with Crippen LogP contribution in [0.25, 0.3) is 0 Å². The van der Waals surface area contributed by atoms with Crippen molar-refractivity contribution in [3.8, 4) is 11.5 Å². The maximum atomic E-state index is 13.5. The van der Waals surface area contributed by atoms with E-state index >= 15 is 0 Å². The van der Waals surface area contributed by atoms with Gasteiger partial charge in [-0.25, -0.2) is 8.78 Å². The average molecular weight is 279 g/mol. The van der Waals surface area contributed by atoms with E-state index in [1.54, 1.807) is 25.3 Å². The number of ether oxygens (including phenoxy) is 2. The largest absolute Gasteiger partial charge is 0.497 e. The van der Waals surface area contributed by atoms with Crippen molar-refractivity contribution >= 4 is 5.69 Å². The molecule has 0 atom stereocenters. The number of hydrogen-bond donors (Lipinski definition) is 1. The highest BCUT2D eigenvalue weighted by molar-refractivity contribution is 5.60. The van der Waals surface area contributed by atoms with Gasteiger partial charge in [-0.3, -0.25) is 0 Å². The van der Waals surface area contributed by atoms with E-state index < -0.39 is 11.6 Å². The minimum atomic E-state index is -0.584. The van der Waals surface area contributed by atoms with Crippen LogP contribution >= 0.6 is 0 Å². The van der Waals surface area contributed by atoms with Crippen molar-refractivity contribution in [3.05, 3.63) is 53.6 Å². The van der Waals surface area contributed by atoms with E-state index in [1.165, 1.54) is 25.3 Å². The van der Waals surface area contributed by atoms with Gasteiger partial charge in [0.2, 0.25) is 0 Å². The standard InChI is InChI=1S/C15H15F2NO2/c1-19-10-6-7-15(20-2)14(8-10)18-9-11-12(16)4-3-5-13(11)17/h3-8,18H,9H2,1-2H3. The number of halogens is 2. The highest BCUT2D eigenvalue weighted by atomic mass is 19.1. The Bertz CT molecular complexity index is 582. The lowest BCUT2D eigenvalue weighted by atomic mass is 10.2. The first-order chi connectivity index (χ1) is 9.65. The van der Waals surface area contributed by atoms with Gasteiger partial charge in [-0.2, -0.15) is 0 Å². The lowest BCUT2D eigenvalue weighted by Gasteiger charge is -2.13. The Kier molecular flexibility index (Phi) is 4.40. The molecule has 0 saturated carbocycles. The van der Waals surface area contributed by atoms with Crippen molar-refractivity contribution < 1.29 is 18.3 Å². The van der Waals surface area contributed by atoms with Crippen LogP contribution in [0.3, 0.4) is 0 Å². The second-order valence-corrected chi connectivity index (χ2v) is 4.12. The highest BCUT2D eigenvalue weighted by Crippen LogP contribution is 2.29. The fourth-order valence-corrected chi connectivity index (χ4v) is 1.84. The Balaban J connectivity index is 2.22. The molecule has 20 heavy (non-hydrogen) atoms. The molecule has 0 heterocycles. The molecular formula is C15H15F2NO2. The van der Waals surface area contributed by atoms with Gasteiger partial charge in [0.15, 0.2) is 0 Å². The maximum absolute atomic E-state index is 13.5. The molecule has 0 aliphatic heterocycles. The predicted octanol–water partition coefficient (Wildman–Crippen LogP) is 3.59. The molecule has 1 N–H and O–H groups in total. The zero-order valence-corrected chi connectivity index (χ0v) is 11.2. The summed E-state index contributed by atoms with van der Waals surface area (Å²) in [5.74, 6) is 0.0311. The average Bonchev–Trinajstić information content (AvgIpc) is 2.46. The minimum absolute atomic E-state index is 0.0159. The van der Waals surface area contributed by atoms with Gasteiger partial charge in [0.25, 0.3) is 0 Å². The van der Waals surface area contributed by atoms with Gasteiger partial charge in [0.05, 0.1) is 19.9 Å². The summed E-state index contributed by atoms with van der Waals surface area (Å²) in [7, 11) is 3.07. The number of benzene rings is 2. The Morgan fingerprint density at radius 1 is 1.00 bits per heavy atom. The van der Waals surface area contributed by atoms with Crippen LogP contribution in [0.2, 0.25) is 0 Å². The molecule has 2 aromatic carbocycles. The molecule has 0 radical (unpaired) electrons. The van der Waals surface area contributed by atoms with Crippen molar-refractivity contribution in [1.29, 1.82) is 0 Å². The molecule has 0 spiro atoms. The Hall–Kier alpha value is -2.30. The van der Waals surface area contributed by atoms with Crippen molar-refractivity contribution in [2.75, 3.05) is 19.5 Å². The van der Waals surface area contributed by atoms with Crippen LogP contribution in [0.4, 0.5) is 14.5 Å². The van der Waals surface area contributed by atoms with Gasteiger partial charge in [-0.05, 0) is 24.3 Å². The molecule has 0 amide bonds. The molecule has 0 unspecified atom stereocenters. The van der Waals surface area contributed by atoms with Crippen LogP contribution in [0.1, 0.15) is 5.56 Å². The molecule has 0 aromatic heterocycles. The third-order valence-electron chi connectivity index (χ3n) is 2.92. The Morgan fingerprint density at radius 2 is 1.70 bits per heavy atom. The summed E-state index contributed by atoms with van der Waals surface area (Å²) in [6.45, 7) is 0.0159. The zero-order chi connectivity index (χ0) is 14.5. The second-order valence-electron chi connectivity index (χ2n) is 4.12. The van der Waals surface area contributed by atoms with Gasteiger partial charge in [-0.15, -0.1) is 0 Å². The van der Waals surface area contributed by atoms with Crippen LogP contribution in [0.5, 0.6) is 11.5 Å². The normalized spacial score (nSPS) is 10.2. The molecule has 2 rings (SSSR count). The van der Waals surface area contributed by atoms with E-state index in [2.05, 4.69) is 5.32 Å². The molecule has 106 valence electrons. The lowest BCUT2D eigenvalue weighted by molar-refractivity contribution is 0.404. The van der Waals surface area contributed by atoms with Crippen LogP contribution in [0.15, 0.2) is 36.4 Å². The fourth-order valence-electron chi connectivity index (χ4n) is 1.84. The fraction of sp³-hybridized carbons (Fsp3) is 0.200. The van der Waals surface area contributed by atoms with Crippen molar-refractivity contribution in [1.82, 2.24) is 0 Å². The molecule has 0 fully saturated rings. The third kappa shape index (κ3) is 2.99. The summed E-state index contributed by atoms with van der Waals surface area (Å²) in [6, 6.07) is 8.95. The van der Waals surface area contributed by atoms with Gasteiger partial charge in [-0.1, -0.05) is 6.07 Å². The van der Waals surface area contributed by atoms with Crippen molar-refractivity contribution in [3.63, 3.8) is 0 Å². The smallest absolute Gasteiger partial charge is 0.142 e. The van der Waals surface area contributed by atoms with Crippen LogP contribution in [-0.4, -0.2) is 14.2 Å². The first kappa shape index (κ1) is 14.1. The molecule has 0 aliphatic carbocycles. The number of methoxy groups -OCH3 is 2. The molecule has 0 saturated heterocycles. The van der Waals surface area contributed by atoms with E-state index in [-0.39, 0.29) is 12.1 Å². The van der Waals surface area contributed by atoms with E-state index in [0.29, 0.717) is 17.2 Å². The Morgan fingerprint density at radius 3 is 2.30 bits per heavy atom. The molecule has 3 nitrogen and oxygen atoms in total. The highest BCUT2D eigenvalue weighted by Gasteiger charge is 2.10. The van der Waals surface area contributed by atoms with Gasteiger partial charge >= 0.3 is 0 Å². The molecular weight excluding hydrogens is 264 g/mol. The molecule has 0 bridgehead atoms. The van der Waals surface area contributed by atoms with E-state index in [9.17, 15) is 8.78 Å². The van der Waals surface area contributed by atoms with Gasteiger partial charge < -0.3 is 14.8 Å². The molecule has 5 heteroatoms. The topological polar surface area (TPSA) is 30.5 Å². The van der Waals surface area contributed by atoms with Crippen LogP contribution in [0, 0.1) is 11.6 Å². The van der Waals surface area contributed by atoms with Crippen molar-refractivity contribution in [2.24, 2.45) is 0 Å². The second kappa shape index (κ2) is 6.23. The molecule has 0 aliphatic rings. The minimum Gasteiger partial charge on any atom is -0.497 e. The summed E-state index contributed by atoms with van der Waals surface area (Å²) < 4.78 is 37.4. The quantitative estimate of drug-likeness (QED) is 0.907. The Labute approximate surface area is 116 Å². The van der Waals surface area contributed by atoms with Crippen molar-refractivity contribution in [2.45, 2.75) is 6.54 Å². The third-order valence-corrected chi connectivity index (χ3v) is 2.92. The summed E-state index contributed by atoms with van der Waals surface area (Å²) in [6.07, 6.45) is 0. The summed E-state index contributed by atoms with van der Waals surface area (Å²) >= 11 is 0. The summed E-state index contributed by atoms with van der Waals surface area (Å²) in [5, 5.41) is 2.95. The first-order valence-corrected chi connectivity index (χ1v) is 6.04. The summed E-state index contributed by atoms with van der Waals surface area (Å²) in [4.78, 5) is 0. The molecule has 2 aromatic rings. The van der Waals surface area contributed by atoms with Crippen LogP contribution < -0.4 is 14.8 Å². The SMILES string of the molecule is COc1ccc(OC)c(NCc2c(F)cccc2F)c1. The van der Waals surface area contributed by atoms with Gasteiger partial charge in [0, 0.05) is 18.2 Å². The summed E-state index contributed by atoms with van der Waals surface area (Å²) in [5.41, 5.74) is 0.590. The first-order valence-electron chi connectivity index (χ1n) is 6.04. The van der Waals surface area contributed by atoms with E-state index in [1.807, 2.05) is 0 Å². The predicted molar refractivity (Wildman–Crippen MR) is 73.2 cm³/mol. The van der Waals surface area contributed by atoms with E-state index in [0.717, 1.165) is 0 Å². The number of nitrogens with one attached hydrogen (secondary N) is 1. The van der Waals surface area contributed by atoms with Crippen LogP contribution in [-0.2, 0) is 6.54 Å². The number of anilines is 1.